The molecule has 1 saturated carbocycles. The molecule has 138 valence electrons. The second-order valence-corrected chi connectivity index (χ2v) is 7.66. The van der Waals surface area contributed by atoms with Crippen LogP contribution in [0.5, 0.6) is 5.75 Å². The van der Waals surface area contributed by atoms with E-state index in [1.54, 1.807) is 5.57 Å². The van der Waals surface area contributed by atoms with Gasteiger partial charge in [0.25, 0.3) is 0 Å². The van der Waals surface area contributed by atoms with Gasteiger partial charge in [0.15, 0.2) is 0 Å². The fourth-order valence-corrected chi connectivity index (χ4v) is 3.37. The highest BCUT2D eigenvalue weighted by atomic mass is 35.5. The Morgan fingerprint density at radius 2 is 1.78 bits per heavy atom. The Morgan fingerprint density at radius 1 is 1.04 bits per heavy atom. The van der Waals surface area contributed by atoms with Gasteiger partial charge in [0.2, 0.25) is 0 Å². The summed E-state index contributed by atoms with van der Waals surface area (Å²) < 4.78 is 5.70. The highest BCUT2D eigenvalue weighted by Crippen LogP contribution is 2.32. The molecular weight excluding hydrogens is 356 g/mol. The minimum atomic E-state index is 0.0910. The van der Waals surface area contributed by atoms with E-state index in [9.17, 15) is 0 Å². The first-order valence-electron chi connectivity index (χ1n) is 9.40. The third kappa shape index (κ3) is 4.09. The van der Waals surface area contributed by atoms with E-state index in [2.05, 4.69) is 40.5 Å². The summed E-state index contributed by atoms with van der Waals surface area (Å²) in [5, 5.41) is 8.18. The van der Waals surface area contributed by atoms with Crippen molar-refractivity contribution in [1.29, 1.82) is 0 Å². The number of nitrogens with one attached hydrogen (secondary N) is 1. The van der Waals surface area contributed by atoms with Crippen molar-refractivity contribution in [3.63, 3.8) is 0 Å². The fraction of sp³-hybridized carbons (Fsp3) is 0.261. The zero-order valence-electron chi connectivity index (χ0n) is 15.6. The maximum Gasteiger partial charge on any atom is 0.138 e. The summed E-state index contributed by atoms with van der Waals surface area (Å²) in [5.41, 5.74) is 6.75. The number of halogens is 1. The topological polar surface area (TPSA) is 37.9 Å². The van der Waals surface area contributed by atoms with Crippen molar-refractivity contribution < 1.29 is 4.74 Å². The van der Waals surface area contributed by atoms with Gasteiger partial charge in [0.05, 0.1) is 22.5 Å². The van der Waals surface area contributed by atoms with E-state index in [4.69, 9.17) is 16.3 Å². The number of aromatic amines is 1. The predicted molar refractivity (Wildman–Crippen MR) is 112 cm³/mol. The Balaban J connectivity index is 1.53. The van der Waals surface area contributed by atoms with Crippen LogP contribution in [0.2, 0.25) is 5.02 Å². The Morgan fingerprint density at radius 3 is 2.41 bits per heavy atom. The van der Waals surface area contributed by atoms with Gasteiger partial charge in [-0.05, 0) is 68.5 Å². The second kappa shape index (κ2) is 7.61. The van der Waals surface area contributed by atoms with Gasteiger partial charge in [-0.1, -0.05) is 47.5 Å². The van der Waals surface area contributed by atoms with E-state index in [0.29, 0.717) is 10.8 Å². The van der Waals surface area contributed by atoms with Gasteiger partial charge in [-0.25, -0.2) is 0 Å². The van der Waals surface area contributed by atoms with Gasteiger partial charge >= 0.3 is 0 Å². The Bertz CT molecular complexity index is 964. The van der Waals surface area contributed by atoms with E-state index in [0.717, 1.165) is 22.5 Å². The molecule has 0 spiro atoms. The number of ether oxygens (including phenoxy) is 1. The summed E-state index contributed by atoms with van der Waals surface area (Å²) >= 11 is 6.35. The fourth-order valence-electron chi connectivity index (χ4n) is 3.15. The molecule has 0 unspecified atom stereocenters. The lowest BCUT2D eigenvalue weighted by atomic mass is 9.90. The van der Waals surface area contributed by atoms with Crippen molar-refractivity contribution >= 4 is 17.7 Å². The van der Waals surface area contributed by atoms with Crippen molar-refractivity contribution in [3.05, 3.63) is 64.7 Å². The first-order chi connectivity index (χ1) is 13.1. The molecule has 4 heteroatoms. The molecule has 1 aliphatic rings. The lowest BCUT2D eigenvalue weighted by Crippen LogP contribution is -2.05. The minimum absolute atomic E-state index is 0.0910. The largest absolute Gasteiger partial charge is 0.489 e. The van der Waals surface area contributed by atoms with Gasteiger partial charge in [-0.2, -0.15) is 5.10 Å². The van der Waals surface area contributed by atoms with Gasteiger partial charge in [-0.3, -0.25) is 5.10 Å². The number of hydrogen-bond donors (Lipinski definition) is 1. The number of H-pyrrole nitrogens is 1. The molecule has 0 aliphatic heterocycles. The van der Waals surface area contributed by atoms with E-state index >= 15 is 0 Å². The molecule has 0 bridgehead atoms. The minimum Gasteiger partial charge on any atom is -0.489 e. The molecular formula is C23H23ClN2O. The zero-order valence-corrected chi connectivity index (χ0v) is 16.4. The summed E-state index contributed by atoms with van der Waals surface area (Å²) in [7, 11) is 0. The normalized spacial score (nSPS) is 13.6. The van der Waals surface area contributed by atoms with E-state index in [1.165, 1.54) is 24.8 Å². The molecule has 1 aliphatic carbocycles. The molecule has 2 aromatic carbocycles. The summed E-state index contributed by atoms with van der Waals surface area (Å²) in [6.45, 7) is 3.97. The molecule has 0 atom stereocenters. The maximum absolute atomic E-state index is 6.35. The van der Waals surface area contributed by atoms with Crippen molar-refractivity contribution in [2.24, 2.45) is 0 Å². The number of benzene rings is 2. The summed E-state index contributed by atoms with van der Waals surface area (Å²) in [5.74, 6) is 0.697. The van der Waals surface area contributed by atoms with Crippen LogP contribution in [0.15, 0.2) is 54.1 Å². The van der Waals surface area contributed by atoms with Crippen LogP contribution < -0.4 is 4.74 Å². The van der Waals surface area contributed by atoms with E-state index in [1.807, 2.05) is 38.1 Å². The van der Waals surface area contributed by atoms with E-state index in [-0.39, 0.29) is 6.10 Å². The van der Waals surface area contributed by atoms with Crippen LogP contribution in [0.3, 0.4) is 0 Å². The van der Waals surface area contributed by atoms with Crippen LogP contribution in [-0.4, -0.2) is 16.3 Å². The lowest BCUT2D eigenvalue weighted by molar-refractivity contribution is 0.242. The molecule has 0 saturated heterocycles. The van der Waals surface area contributed by atoms with Crippen LogP contribution in [0.4, 0.5) is 0 Å². The monoisotopic (exact) mass is 378 g/mol. The molecule has 1 aromatic heterocycles. The van der Waals surface area contributed by atoms with Gasteiger partial charge in [0.1, 0.15) is 5.75 Å². The maximum atomic E-state index is 6.35. The highest BCUT2D eigenvalue weighted by molar-refractivity contribution is 6.32. The number of hydrogen-bond acceptors (Lipinski definition) is 2. The summed E-state index contributed by atoms with van der Waals surface area (Å²) in [4.78, 5) is 0. The first-order valence-corrected chi connectivity index (χ1v) is 9.78. The molecule has 1 fully saturated rings. The molecule has 27 heavy (non-hydrogen) atoms. The quantitative estimate of drug-likeness (QED) is 0.533. The SMILES string of the molecule is CC(C)Oc1ccc(-c2cc(-c3ccc(C=C4CCC4)cc3)[nH]n2)cc1Cl. The van der Waals surface area contributed by atoms with Crippen LogP contribution in [0.25, 0.3) is 28.6 Å². The van der Waals surface area contributed by atoms with Crippen molar-refractivity contribution in [1.82, 2.24) is 10.2 Å². The van der Waals surface area contributed by atoms with Crippen molar-refractivity contribution in [2.75, 3.05) is 0 Å². The second-order valence-electron chi connectivity index (χ2n) is 7.26. The summed E-state index contributed by atoms with van der Waals surface area (Å²) in [6, 6.07) is 16.4. The number of aromatic nitrogens is 2. The lowest BCUT2D eigenvalue weighted by Gasteiger charge is -2.15. The average molecular weight is 379 g/mol. The van der Waals surface area contributed by atoms with Crippen molar-refractivity contribution in [2.45, 2.75) is 39.2 Å². The van der Waals surface area contributed by atoms with Gasteiger partial charge in [-0.15, -0.1) is 0 Å². The number of rotatable bonds is 5. The van der Waals surface area contributed by atoms with Crippen LogP contribution in [0.1, 0.15) is 38.7 Å². The first kappa shape index (κ1) is 17.9. The highest BCUT2D eigenvalue weighted by Gasteiger charge is 2.11. The Kier molecular flexibility index (Phi) is 5.04. The third-order valence-electron chi connectivity index (χ3n) is 4.76. The van der Waals surface area contributed by atoms with E-state index < -0.39 is 0 Å². The molecule has 3 nitrogen and oxygen atoms in total. The Hall–Kier alpha value is -2.52. The van der Waals surface area contributed by atoms with Gasteiger partial charge in [0, 0.05) is 5.56 Å². The van der Waals surface area contributed by atoms with Crippen LogP contribution in [0, 0.1) is 0 Å². The average Bonchev–Trinajstić information content (AvgIpc) is 3.10. The molecule has 0 radical (unpaired) electrons. The van der Waals surface area contributed by atoms with Crippen LogP contribution >= 0.6 is 11.6 Å². The van der Waals surface area contributed by atoms with Crippen LogP contribution in [-0.2, 0) is 0 Å². The Labute approximate surface area is 165 Å². The molecule has 3 aromatic rings. The molecule has 0 amide bonds. The summed E-state index contributed by atoms with van der Waals surface area (Å²) in [6.07, 6.45) is 6.21. The zero-order chi connectivity index (χ0) is 18.8. The molecule has 1 heterocycles. The molecule has 4 rings (SSSR count). The predicted octanol–water partition coefficient (Wildman–Crippen LogP) is 6.75. The van der Waals surface area contributed by atoms with Crippen molar-refractivity contribution in [3.8, 4) is 28.3 Å². The standard InChI is InChI=1S/C23H23ClN2O/c1-15(2)27-23-11-10-19(13-20(23)24)22-14-21(25-26-22)18-8-6-17(7-9-18)12-16-4-3-5-16/h6-15H,3-5H2,1-2H3,(H,25,26). The third-order valence-corrected chi connectivity index (χ3v) is 5.05. The smallest absolute Gasteiger partial charge is 0.138 e. The molecule has 1 N–H and O–H groups in total. The number of allylic oxidation sites excluding steroid dienone is 1. The number of nitrogens with zero attached hydrogens (tertiary/aromatic N) is 1. The van der Waals surface area contributed by atoms with Gasteiger partial charge < -0.3 is 4.74 Å².